The molecular weight excluding hydrogens is 493 g/mol. The Morgan fingerprint density at radius 3 is 2.60 bits per heavy atom. The summed E-state index contributed by atoms with van der Waals surface area (Å²) in [6, 6.07) is 16.8. The number of hydrogen-bond donors (Lipinski definition) is 4. The fraction of sp³-hybridized carbons (Fsp3) is 0.273. The standard InChI is InChI=1S/C22H27N5O2.HI/c1-2-23-22(25-16-21(29)26-18-8-10-19(28)11-9-18)24-13-5-14-27-15-12-17-6-3-4-7-20(17)27;/h3-4,6-12,15,28H,2,5,13-14,16H2,1H3,(H,26,29)(H2,23,24,25);1H. The zero-order valence-electron chi connectivity index (χ0n) is 17.0. The maximum absolute atomic E-state index is 12.1. The van der Waals surface area contributed by atoms with Crippen LogP contribution in [0.2, 0.25) is 0 Å². The molecule has 0 fully saturated rings. The molecule has 2 aromatic carbocycles. The summed E-state index contributed by atoms with van der Waals surface area (Å²) < 4.78 is 2.24. The number of nitrogens with zero attached hydrogens (tertiary/aromatic N) is 2. The summed E-state index contributed by atoms with van der Waals surface area (Å²) in [5.74, 6) is 0.560. The normalized spacial score (nSPS) is 11.0. The van der Waals surface area contributed by atoms with Crippen LogP contribution < -0.4 is 16.0 Å². The van der Waals surface area contributed by atoms with E-state index in [0.717, 1.165) is 19.5 Å². The molecule has 0 bridgehead atoms. The van der Waals surface area contributed by atoms with Crippen LogP contribution in [0.4, 0.5) is 5.69 Å². The first-order valence-electron chi connectivity index (χ1n) is 9.80. The van der Waals surface area contributed by atoms with Gasteiger partial charge in [0.25, 0.3) is 0 Å². The minimum absolute atomic E-state index is 0. The average Bonchev–Trinajstić information content (AvgIpc) is 3.14. The van der Waals surface area contributed by atoms with E-state index >= 15 is 0 Å². The number of carbonyl (C=O) groups is 1. The van der Waals surface area contributed by atoms with Crippen LogP contribution in [0.15, 0.2) is 65.8 Å². The molecule has 1 amide bonds. The van der Waals surface area contributed by atoms with Gasteiger partial charge in [-0.1, -0.05) is 18.2 Å². The van der Waals surface area contributed by atoms with Gasteiger partial charge in [-0.25, -0.2) is 4.99 Å². The molecule has 3 aromatic rings. The molecule has 3 rings (SSSR count). The molecule has 1 heterocycles. The van der Waals surface area contributed by atoms with E-state index in [2.05, 4.69) is 56.0 Å². The third kappa shape index (κ3) is 6.94. The van der Waals surface area contributed by atoms with Gasteiger partial charge < -0.3 is 25.6 Å². The smallest absolute Gasteiger partial charge is 0.246 e. The van der Waals surface area contributed by atoms with E-state index in [0.29, 0.717) is 18.2 Å². The molecule has 7 nitrogen and oxygen atoms in total. The summed E-state index contributed by atoms with van der Waals surface area (Å²) in [4.78, 5) is 16.4. The highest BCUT2D eigenvalue weighted by atomic mass is 127. The Labute approximate surface area is 193 Å². The van der Waals surface area contributed by atoms with Gasteiger partial charge in [-0.15, -0.1) is 24.0 Å². The first-order valence-corrected chi connectivity index (χ1v) is 9.80. The lowest BCUT2D eigenvalue weighted by molar-refractivity contribution is -0.114. The Morgan fingerprint density at radius 2 is 1.83 bits per heavy atom. The van der Waals surface area contributed by atoms with Crippen LogP contribution in [-0.4, -0.2) is 41.2 Å². The number of halogens is 1. The number of aromatic hydroxyl groups is 1. The highest BCUT2D eigenvalue weighted by molar-refractivity contribution is 14.0. The monoisotopic (exact) mass is 521 g/mol. The average molecular weight is 521 g/mol. The van der Waals surface area contributed by atoms with Crippen molar-refractivity contribution in [1.82, 2.24) is 15.2 Å². The number of nitrogens with one attached hydrogen (secondary N) is 3. The number of benzene rings is 2. The molecule has 160 valence electrons. The maximum Gasteiger partial charge on any atom is 0.246 e. The molecule has 0 aliphatic rings. The van der Waals surface area contributed by atoms with Crippen LogP contribution in [0.3, 0.4) is 0 Å². The van der Waals surface area contributed by atoms with Crippen molar-refractivity contribution < 1.29 is 9.90 Å². The van der Waals surface area contributed by atoms with Crippen molar-refractivity contribution in [1.29, 1.82) is 0 Å². The number of phenols is 1. The lowest BCUT2D eigenvalue weighted by Gasteiger charge is -2.12. The number of guanidine groups is 1. The van der Waals surface area contributed by atoms with E-state index < -0.39 is 0 Å². The molecule has 4 N–H and O–H groups in total. The number of fused-ring (bicyclic) bond motifs is 1. The number of phenolic OH excluding ortho intramolecular Hbond substituents is 1. The van der Waals surface area contributed by atoms with Crippen LogP contribution in [-0.2, 0) is 11.3 Å². The summed E-state index contributed by atoms with van der Waals surface area (Å²) in [5.41, 5.74) is 1.86. The van der Waals surface area contributed by atoms with Crippen LogP contribution >= 0.6 is 24.0 Å². The SMILES string of the molecule is CCNC(=NCC(=O)Nc1ccc(O)cc1)NCCCn1ccc2ccccc21.I. The lowest BCUT2D eigenvalue weighted by Crippen LogP contribution is -2.38. The van der Waals surface area contributed by atoms with Gasteiger partial charge in [0.1, 0.15) is 12.3 Å². The first kappa shape index (κ1) is 23.5. The number of carbonyl (C=O) groups excluding carboxylic acids is 1. The summed E-state index contributed by atoms with van der Waals surface area (Å²) in [6.07, 6.45) is 3.04. The van der Waals surface area contributed by atoms with Crippen molar-refractivity contribution in [2.45, 2.75) is 19.9 Å². The molecule has 0 atom stereocenters. The molecule has 0 aliphatic carbocycles. The summed E-state index contributed by atoms with van der Waals surface area (Å²) >= 11 is 0. The molecule has 0 aliphatic heterocycles. The van der Waals surface area contributed by atoms with Crippen LogP contribution in [0.25, 0.3) is 10.9 Å². The second-order valence-electron chi connectivity index (χ2n) is 6.64. The highest BCUT2D eigenvalue weighted by Crippen LogP contribution is 2.15. The number of aliphatic imine (C=N–C) groups is 1. The van der Waals surface area contributed by atoms with E-state index in [1.807, 2.05) is 13.0 Å². The number of para-hydroxylation sites is 1. The van der Waals surface area contributed by atoms with E-state index in [-0.39, 0.29) is 42.2 Å². The maximum atomic E-state index is 12.1. The number of aromatic nitrogens is 1. The first-order chi connectivity index (χ1) is 14.2. The quantitative estimate of drug-likeness (QED) is 0.120. The summed E-state index contributed by atoms with van der Waals surface area (Å²) in [7, 11) is 0. The van der Waals surface area contributed by atoms with Gasteiger partial charge >= 0.3 is 0 Å². The topological polar surface area (TPSA) is 90.7 Å². The minimum atomic E-state index is -0.216. The molecule has 0 saturated heterocycles. The Balaban J connectivity index is 0.00000320. The molecule has 30 heavy (non-hydrogen) atoms. The molecular formula is C22H28IN5O2. The second-order valence-corrected chi connectivity index (χ2v) is 6.64. The van der Waals surface area contributed by atoms with E-state index in [1.165, 1.54) is 23.0 Å². The Hall–Kier alpha value is -2.75. The molecule has 1 aromatic heterocycles. The van der Waals surface area contributed by atoms with E-state index in [9.17, 15) is 9.90 Å². The van der Waals surface area contributed by atoms with Crippen LogP contribution in [0, 0.1) is 0 Å². The van der Waals surface area contributed by atoms with Gasteiger partial charge in [0.05, 0.1) is 0 Å². The highest BCUT2D eigenvalue weighted by Gasteiger charge is 2.04. The van der Waals surface area contributed by atoms with Crippen molar-refractivity contribution in [2.24, 2.45) is 4.99 Å². The molecule has 0 unspecified atom stereocenters. The molecule has 0 radical (unpaired) electrons. The predicted molar refractivity (Wildman–Crippen MR) is 133 cm³/mol. The third-order valence-electron chi connectivity index (χ3n) is 4.42. The number of aryl methyl sites for hydroxylation is 1. The molecule has 8 heteroatoms. The molecule has 0 saturated carbocycles. The Kier molecular flexibility index (Phi) is 9.46. The number of rotatable bonds is 8. The predicted octanol–water partition coefficient (Wildman–Crippen LogP) is 3.55. The van der Waals surface area contributed by atoms with Gasteiger partial charge in [0, 0.05) is 37.0 Å². The van der Waals surface area contributed by atoms with Gasteiger partial charge in [-0.05, 0) is 55.1 Å². The van der Waals surface area contributed by atoms with Gasteiger partial charge in [-0.2, -0.15) is 0 Å². The largest absolute Gasteiger partial charge is 0.508 e. The van der Waals surface area contributed by atoms with Crippen LogP contribution in [0.5, 0.6) is 5.75 Å². The van der Waals surface area contributed by atoms with E-state index in [1.54, 1.807) is 12.1 Å². The van der Waals surface area contributed by atoms with Crippen molar-refractivity contribution in [3.8, 4) is 5.75 Å². The fourth-order valence-electron chi connectivity index (χ4n) is 3.03. The van der Waals surface area contributed by atoms with Gasteiger partial charge in [0.2, 0.25) is 5.91 Å². The number of hydrogen-bond acceptors (Lipinski definition) is 3. The summed E-state index contributed by atoms with van der Waals surface area (Å²) in [6.45, 7) is 4.37. The van der Waals surface area contributed by atoms with Crippen molar-refractivity contribution >= 4 is 52.4 Å². The third-order valence-corrected chi connectivity index (χ3v) is 4.42. The minimum Gasteiger partial charge on any atom is -0.508 e. The number of amides is 1. The van der Waals surface area contributed by atoms with Crippen molar-refractivity contribution in [3.05, 3.63) is 60.8 Å². The lowest BCUT2D eigenvalue weighted by atomic mass is 10.2. The Morgan fingerprint density at radius 1 is 1.07 bits per heavy atom. The van der Waals surface area contributed by atoms with Gasteiger partial charge in [0.15, 0.2) is 5.96 Å². The fourth-order valence-corrected chi connectivity index (χ4v) is 3.03. The van der Waals surface area contributed by atoms with Gasteiger partial charge in [-0.3, -0.25) is 4.79 Å². The van der Waals surface area contributed by atoms with Crippen molar-refractivity contribution in [2.75, 3.05) is 25.0 Å². The van der Waals surface area contributed by atoms with Crippen LogP contribution in [0.1, 0.15) is 13.3 Å². The zero-order chi connectivity index (χ0) is 20.5. The number of anilines is 1. The summed E-state index contributed by atoms with van der Waals surface area (Å²) in [5, 5.41) is 19.7. The van der Waals surface area contributed by atoms with E-state index in [4.69, 9.17) is 0 Å². The van der Waals surface area contributed by atoms with Crippen molar-refractivity contribution in [3.63, 3.8) is 0 Å². The Bertz CT molecular complexity index is 969. The zero-order valence-corrected chi connectivity index (χ0v) is 19.3. The molecule has 0 spiro atoms. The second kappa shape index (κ2) is 12.1.